The number of fused-ring (bicyclic) bond motifs is 3. The molecule has 3 aromatic carbocycles. The van der Waals surface area contributed by atoms with Gasteiger partial charge in [0.2, 0.25) is 5.91 Å². The van der Waals surface area contributed by atoms with Crippen LogP contribution in [0.1, 0.15) is 60.3 Å². The molecule has 0 bridgehead atoms. The first-order valence-electron chi connectivity index (χ1n) is 14.4. The Hall–Kier alpha value is -4.52. The van der Waals surface area contributed by atoms with Crippen LogP contribution in [0.25, 0.3) is 21.8 Å². The Morgan fingerprint density at radius 3 is 2.44 bits per heavy atom. The van der Waals surface area contributed by atoms with Crippen LogP contribution in [0.15, 0.2) is 89.5 Å². The zero-order valence-corrected chi connectivity index (χ0v) is 23.5. The molecule has 1 aliphatic carbocycles. The van der Waals surface area contributed by atoms with Gasteiger partial charge in [-0.3, -0.25) is 9.59 Å². The topological polar surface area (TPSA) is 76.7 Å². The molecule has 0 saturated heterocycles. The fourth-order valence-corrected chi connectivity index (χ4v) is 6.15. The Labute approximate surface area is 239 Å². The lowest BCUT2D eigenvalue weighted by molar-refractivity contribution is -0.126. The van der Waals surface area contributed by atoms with E-state index in [-0.39, 0.29) is 30.2 Å². The molecule has 2 amide bonds. The number of furan rings is 1. The minimum absolute atomic E-state index is 0.109. The van der Waals surface area contributed by atoms with Crippen molar-refractivity contribution in [3.63, 3.8) is 0 Å². The first kappa shape index (κ1) is 26.7. The lowest BCUT2D eigenvalue weighted by Crippen LogP contribution is -2.45. The first-order chi connectivity index (χ1) is 20.1. The summed E-state index contributed by atoms with van der Waals surface area (Å²) in [4.78, 5) is 29.9. The number of hydrogen-bond donors (Lipinski definition) is 1. The Morgan fingerprint density at radius 1 is 0.976 bits per heavy atom. The lowest BCUT2D eigenvalue weighted by Gasteiger charge is -2.32. The summed E-state index contributed by atoms with van der Waals surface area (Å²) in [5.74, 6) is 0.407. The molecule has 7 heteroatoms. The number of carbonyl (C=O) groups excluding carboxylic acids is 2. The highest BCUT2D eigenvalue weighted by Gasteiger charge is 2.35. The molecule has 0 aliphatic heterocycles. The number of hydrogen-bond acceptors (Lipinski definition) is 4. The van der Waals surface area contributed by atoms with Gasteiger partial charge in [0.15, 0.2) is 5.76 Å². The highest BCUT2D eigenvalue weighted by atomic mass is 16.5. The van der Waals surface area contributed by atoms with E-state index >= 15 is 0 Å². The number of carbonyl (C=O) groups is 2. The SMILES string of the molecule is CCn1c2ccccc2c2cc(C(C(=O)NC3CCCC3)N(Cc3ccc(OC)cc3)C(=O)c3ccco3)ccc21. The van der Waals surface area contributed by atoms with Gasteiger partial charge in [0.05, 0.1) is 13.4 Å². The number of ether oxygens (including phenoxy) is 1. The highest BCUT2D eigenvalue weighted by molar-refractivity contribution is 6.08. The molecule has 210 valence electrons. The second-order valence-electron chi connectivity index (χ2n) is 10.7. The van der Waals surface area contributed by atoms with Crippen LogP contribution in [-0.2, 0) is 17.9 Å². The van der Waals surface area contributed by atoms with Crippen LogP contribution < -0.4 is 10.1 Å². The summed E-state index contributed by atoms with van der Waals surface area (Å²) in [6, 6.07) is 24.6. The highest BCUT2D eigenvalue weighted by Crippen LogP contribution is 2.34. The number of benzene rings is 3. The number of methoxy groups -OCH3 is 1. The Balaban J connectivity index is 1.49. The van der Waals surface area contributed by atoms with Crippen LogP contribution in [0.2, 0.25) is 0 Å². The summed E-state index contributed by atoms with van der Waals surface area (Å²) in [5.41, 5.74) is 3.90. The average Bonchev–Trinajstić information content (AvgIpc) is 3.78. The molecule has 7 nitrogen and oxygen atoms in total. The third-order valence-electron chi connectivity index (χ3n) is 8.19. The molecule has 1 fully saturated rings. The van der Waals surface area contributed by atoms with Gasteiger partial charge in [0, 0.05) is 40.9 Å². The van der Waals surface area contributed by atoms with E-state index in [0.717, 1.165) is 70.9 Å². The van der Waals surface area contributed by atoms with Gasteiger partial charge in [-0.25, -0.2) is 0 Å². The van der Waals surface area contributed by atoms with Crippen molar-refractivity contribution in [2.45, 2.75) is 57.8 Å². The predicted octanol–water partition coefficient (Wildman–Crippen LogP) is 6.86. The maximum atomic E-state index is 14.2. The number of para-hydroxylation sites is 1. The van der Waals surface area contributed by atoms with Crippen molar-refractivity contribution >= 4 is 33.6 Å². The average molecular weight is 550 g/mol. The molecule has 2 aromatic heterocycles. The van der Waals surface area contributed by atoms with Crippen LogP contribution in [0.4, 0.5) is 0 Å². The largest absolute Gasteiger partial charge is 0.497 e. The standard InChI is InChI=1S/C34H35N3O4/c1-3-36-29-12-7-6-11-27(29)28-21-24(16-19-30(28)36)32(33(38)35-25-9-4-5-10-25)37(34(39)31-13-8-20-41-31)22-23-14-17-26(40-2)18-15-23/h6-8,11-21,25,32H,3-5,9-10,22H2,1-2H3,(H,35,38). The summed E-state index contributed by atoms with van der Waals surface area (Å²) in [7, 11) is 1.62. The smallest absolute Gasteiger partial charge is 0.290 e. The van der Waals surface area contributed by atoms with Crippen LogP contribution in [0, 0.1) is 0 Å². The van der Waals surface area contributed by atoms with Gasteiger partial charge in [-0.05, 0) is 73.4 Å². The summed E-state index contributed by atoms with van der Waals surface area (Å²) >= 11 is 0. The van der Waals surface area contributed by atoms with E-state index in [9.17, 15) is 9.59 Å². The van der Waals surface area contributed by atoms with Gasteiger partial charge in [0.1, 0.15) is 11.8 Å². The monoisotopic (exact) mass is 549 g/mol. The molecule has 1 N–H and O–H groups in total. The molecule has 2 heterocycles. The van der Waals surface area contributed by atoms with Gasteiger partial charge in [0.25, 0.3) is 5.91 Å². The molecule has 1 atom stereocenters. The minimum Gasteiger partial charge on any atom is -0.497 e. The summed E-state index contributed by atoms with van der Waals surface area (Å²) < 4.78 is 13.2. The van der Waals surface area contributed by atoms with Crippen molar-refractivity contribution in [3.05, 3.63) is 102 Å². The zero-order chi connectivity index (χ0) is 28.3. The van der Waals surface area contributed by atoms with Gasteiger partial charge in [-0.1, -0.05) is 49.2 Å². The molecule has 41 heavy (non-hydrogen) atoms. The Kier molecular flexibility index (Phi) is 7.51. The van der Waals surface area contributed by atoms with Crippen molar-refractivity contribution in [1.82, 2.24) is 14.8 Å². The van der Waals surface area contributed by atoms with Crippen LogP contribution >= 0.6 is 0 Å². The quantitative estimate of drug-likeness (QED) is 0.218. The molecule has 1 aliphatic rings. The molecule has 1 saturated carbocycles. The number of aryl methyl sites for hydroxylation is 1. The lowest BCUT2D eigenvalue weighted by atomic mass is 9.99. The van der Waals surface area contributed by atoms with E-state index in [0.29, 0.717) is 0 Å². The molecule has 5 aromatic rings. The maximum Gasteiger partial charge on any atom is 0.290 e. The van der Waals surface area contributed by atoms with Crippen LogP contribution in [0.3, 0.4) is 0 Å². The molecular weight excluding hydrogens is 514 g/mol. The van der Waals surface area contributed by atoms with Crippen molar-refractivity contribution in [2.24, 2.45) is 0 Å². The zero-order valence-electron chi connectivity index (χ0n) is 23.5. The van der Waals surface area contributed by atoms with Crippen molar-refractivity contribution in [3.8, 4) is 5.75 Å². The summed E-state index contributed by atoms with van der Waals surface area (Å²) in [6.07, 6.45) is 5.58. The van der Waals surface area contributed by atoms with Crippen molar-refractivity contribution in [2.75, 3.05) is 7.11 Å². The number of nitrogens with zero attached hydrogens (tertiary/aromatic N) is 2. The van der Waals surface area contributed by atoms with E-state index in [1.165, 1.54) is 6.26 Å². The second kappa shape index (κ2) is 11.5. The number of rotatable bonds is 9. The Morgan fingerprint density at radius 2 is 1.73 bits per heavy atom. The Bertz CT molecular complexity index is 1660. The van der Waals surface area contributed by atoms with E-state index in [1.54, 1.807) is 24.1 Å². The van der Waals surface area contributed by atoms with Crippen molar-refractivity contribution < 1.29 is 18.7 Å². The van der Waals surface area contributed by atoms with Crippen LogP contribution in [0.5, 0.6) is 5.75 Å². The second-order valence-corrected chi connectivity index (χ2v) is 10.7. The third kappa shape index (κ3) is 5.20. The normalized spacial score (nSPS) is 14.4. The van der Waals surface area contributed by atoms with Crippen molar-refractivity contribution in [1.29, 1.82) is 0 Å². The minimum atomic E-state index is -0.858. The predicted molar refractivity (Wildman–Crippen MR) is 160 cm³/mol. The molecular formula is C34H35N3O4. The van der Waals surface area contributed by atoms with E-state index in [2.05, 4.69) is 41.1 Å². The van der Waals surface area contributed by atoms with Gasteiger partial charge in [-0.15, -0.1) is 0 Å². The van der Waals surface area contributed by atoms with Gasteiger partial charge >= 0.3 is 0 Å². The molecule has 6 rings (SSSR count). The first-order valence-corrected chi connectivity index (χ1v) is 14.4. The van der Waals surface area contributed by atoms with Gasteiger partial charge in [-0.2, -0.15) is 0 Å². The van der Waals surface area contributed by atoms with E-state index in [4.69, 9.17) is 9.15 Å². The molecule has 1 unspecified atom stereocenters. The van der Waals surface area contributed by atoms with Crippen LogP contribution in [-0.4, -0.2) is 34.4 Å². The number of nitrogens with one attached hydrogen (secondary N) is 1. The summed E-state index contributed by atoms with van der Waals surface area (Å²) in [6.45, 7) is 3.19. The maximum absolute atomic E-state index is 14.2. The van der Waals surface area contributed by atoms with E-state index < -0.39 is 6.04 Å². The third-order valence-corrected chi connectivity index (χ3v) is 8.19. The van der Waals surface area contributed by atoms with E-state index in [1.807, 2.05) is 42.5 Å². The fraction of sp³-hybridized carbons (Fsp3) is 0.294. The number of amides is 2. The van der Waals surface area contributed by atoms with Gasteiger partial charge < -0.3 is 23.9 Å². The molecule has 0 radical (unpaired) electrons. The number of aromatic nitrogens is 1. The fourth-order valence-electron chi connectivity index (χ4n) is 6.15. The molecule has 0 spiro atoms. The summed E-state index contributed by atoms with van der Waals surface area (Å²) in [5, 5.41) is 5.46.